The summed E-state index contributed by atoms with van der Waals surface area (Å²) < 4.78 is 29.8. The van der Waals surface area contributed by atoms with E-state index >= 15 is 0 Å². The Hall–Kier alpha value is -0.830. The average Bonchev–Trinajstić information content (AvgIpc) is 1.96. The molecule has 1 aromatic carbocycles. The van der Waals surface area contributed by atoms with Gasteiger partial charge in [0.05, 0.1) is 0 Å². The molecule has 0 bridgehead atoms. The van der Waals surface area contributed by atoms with Gasteiger partial charge >= 0.3 is 0 Å². The fourth-order valence-electron chi connectivity index (χ4n) is 0.738. The normalized spacial score (nSPS) is 12.7. The van der Waals surface area contributed by atoms with Crippen molar-refractivity contribution in [2.24, 2.45) is 0 Å². The molecule has 0 N–H and O–H groups in total. The van der Waals surface area contributed by atoms with E-state index in [2.05, 4.69) is 0 Å². The predicted octanol–water partition coefficient (Wildman–Crippen LogP) is 2.93. The molecule has 1 aromatic rings. The Morgan fingerprint density at radius 2 is 2.00 bits per heavy atom. The molecule has 0 aliphatic heterocycles. The van der Waals surface area contributed by atoms with Crippen LogP contribution in [0.5, 0.6) is 5.75 Å². The molecule has 0 amide bonds. The molecule has 66 valence electrons. The first-order valence-electron chi connectivity index (χ1n) is 3.35. The van der Waals surface area contributed by atoms with Crippen molar-refractivity contribution in [1.29, 1.82) is 0 Å². The van der Waals surface area contributed by atoms with Crippen molar-refractivity contribution in [1.82, 2.24) is 0 Å². The molecule has 4 heteroatoms. The lowest BCUT2D eigenvalue weighted by molar-refractivity contribution is 0.298. The maximum Gasteiger partial charge on any atom is 0.169 e. The molecule has 0 heterocycles. The van der Waals surface area contributed by atoms with Gasteiger partial charge in [0.2, 0.25) is 0 Å². The second-order valence-electron chi connectivity index (χ2n) is 2.24. The minimum Gasteiger partial charge on any atom is -0.475 e. The summed E-state index contributed by atoms with van der Waals surface area (Å²) in [7, 11) is 0. The van der Waals surface area contributed by atoms with E-state index in [1.165, 1.54) is 6.07 Å². The van der Waals surface area contributed by atoms with Crippen molar-refractivity contribution in [2.75, 3.05) is 0 Å². The molecule has 0 fully saturated rings. The van der Waals surface area contributed by atoms with E-state index in [4.69, 9.17) is 16.3 Å². The number of alkyl halides is 1. The lowest BCUT2D eigenvalue weighted by Crippen LogP contribution is -2.02. The zero-order valence-corrected chi connectivity index (χ0v) is 7.11. The Morgan fingerprint density at radius 3 is 2.50 bits per heavy atom. The summed E-state index contributed by atoms with van der Waals surface area (Å²) in [5, 5.41) is 0. The van der Waals surface area contributed by atoms with Gasteiger partial charge in [0, 0.05) is 6.07 Å². The Balaban J connectivity index is 2.82. The quantitative estimate of drug-likeness (QED) is 0.655. The van der Waals surface area contributed by atoms with Gasteiger partial charge in [0.15, 0.2) is 17.2 Å². The van der Waals surface area contributed by atoms with Crippen molar-refractivity contribution in [3.63, 3.8) is 0 Å². The van der Waals surface area contributed by atoms with Crippen LogP contribution in [0.15, 0.2) is 18.2 Å². The Bertz CT molecular complexity index is 276. The second-order valence-corrected chi connectivity index (χ2v) is 2.85. The Morgan fingerprint density at radius 1 is 1.33 bits per heavy atom. The maximum atomic E-state index is 12.5. The van der Waals surface area contributed by atoms with Crippen molar-refractivity contribution >= 4 is 11.6 Å². The molecule has 0 aliphatic carbocycles. The summed E-state index contributed by atoms with van der Waals surface area (Å²) in [5.74, 6) is -1.62. The van der Waals surface area contributed by atoms with Crippen LogP contribution in [0.1, 0.15) is 6.92 Å². The van der Waals surface area contributed by atoms with E-state index in [1.807, 2.05) is 0 Å². The lowest BCUT2D eigenvalue weighted by Gasteiger charge is -2.07. The van der Waals surface area contributed by atoms with Crippen LogP contribution in [0.2, 0.25) is 0 Å². The zero-order valence-electron chi connectivity index (χ0n) is 6.35. The van der Waals surface area contributed by atoms with E-state index < -0.39 is 17.2 Å². The summed E-state index contributed by atoms with van der Waals surface area (Å²) in [6, 6.07) is 3.26. The fourth-order valence-corrected chi connectivity index (χ4v) is 0.841. The molecule has 1 atom stereocenters. The first-order chi connectivity index (χ1) is 5.59. The maximum absolute atomic E-state index is 12.5. The van der Waals surface area contributed by atoms with E-state index in [1.54, 1.807) is 6.92 Å². The minimum absolute atomic E-state index is 0.219. The first-order valence-corrected chi connectivity index (χ1v) is 3.79. The zero-order chi connectivity index (χ0) is 9.14. The lowest BCUT2D eigenvalue weighted by atomic mass is 10.3. The second kappa shape index (κ2) is 3.72. The van der Waals surface area contributed by atoms with Gasteiger partial charge in [-0.25, -0.2) is 8.78 Å². The van der Waals surface area contributed by atoms with Gasteiger partial charge in [-0.2, -0.15) is 0 Å². The number of ether oxygens (including phenoxy) is 1. The summed E-state index contributed by atoms with van der Waals surface area (Å²) in [4.78, 5) is 0. The summed E-state index contributed by atoms with van der Waals surface area (Å²) in [6.45, 7) is 1.59. The van der Waals surface area contributed by atoms with Crippen LogP contribution in [0.4, 0.5) is 8.78 Å². The third kappa shape index (κ3) is 2.34. The number of halogens is 3. The van der Waals surface area contributed by atoms with Gasteiger partial charge in [0.25, 0.3) is 0 Å². The highest BCUT2D eigenvalue weighted by atomic mass is 35.5. The van der Waals surface area contributed by atoms with Gasteiger partial charge in [-0.15, -0.1) is 0 Å². The summed E-state index contributed by atoms with van der Waals surface area (Å²) in [5.41, 5.74) is -0.560. The fraction of sp³-hybridized carbons (Fsp3) is 0.250. The van der Waals surface area contributed by atoms with Crippen LogP contribution < -0.4 is 4.74 Å². The molecule has 0 aromatic heterocycles. The molecule has 0 spiro atoms. The number of rotatable bonds is 2. The number of benzene rings is 1. The van der Waals surface area contributed by atoms with Gasteiger partial charge in [-0.3, -0.25) is 0 Å². The monoisotopic (exact) mass is 192 g/mol. The summed E-state index contributed by atoms with van der Waals surface area (Å²) >= 11 is 5.47. The van der Waals surface area contributed by atoms with Gasteiger partial charge in [-0.1, -0.05) is 11.6 Å². The number of hydrogen-bond acceptors (Lipinski definition) is 1. The molecule has 0 radical (unpaired) electrons. The molecule has 12 heavy (non-hydrogen) atoms. The smallest absolute Gasteiger partial charge is 0.169 e. The highest BCUT2D eigenvalue weighted by molar-refractivity contribution is 6.19. The SMILES string of the molecule is CC(Cl)Oc1ccc(F)c(F)c1. The van der Waals surface area contributed by atoms with Gasteiger partial charge < -0.3 is 4.74 Å². The van der Waals surface area contributed by atoms with Crippen molar-refractivity contribution < 1.29 is 13.5 Å². The van der Waals surface area contributed by atoms with E-state index in [0.717, 1.165) is 12.1 Å². The van der Waals surface area contributed by atoms with Crippen LogP contribution in [0, 0.1) is 11.6 Å². The van der Waals surface area contributed by atoms with Crippen molar-refractivity contribution in [3.8, 4) is 5.75 Å². The van der Waals surface area contributed by atoms with Crippen LogP contribution in [0.25, 0.3) is 0 Å². The van der Waals surface area contributed by atoms with E-state index in [0.29, 0.717) is 0 Å². The minimum atomic E-state index is -0.940. The molecule has 1 rings (SSSR count). The molecule has 0 saturated heterocycles. The van der Waals surface area contributed by atoms with Crippen LogP contribution in [-0.4, -0.2) is 5.56 Å². The molecular weight excluding hydrogens is 186 g/mol. The molecule has 0 saturated carbocycles. The predicted molar refractivity (Wildman–Crippen MR) is 42.3 cm³/mol. The van der Waals surface area contributed by atoms with Crippen LogP contribution >= 0.6 is 11.6 Å². The highest BCUT2D eigenvalue weighted by Gasteiger charge is 2.04. The van der Waals surface area contributed by atoms with Crippen LogP contribution in [-0.2, 0) is 0 Å². The summed E-state index contributed by atoms with van der Waals surface area (Å²) in [6.07, 6.45) is 0. The Kier molecular flexibility index (Phi) is 2.87. The third-order valence-corrected chi connectivity index (χ3v) is 1.28. The molecule has 0 aliphatic rings. The van der Waals surface area contributed by atoms with Crippen LogP contribution in [0.3, 0.4) is 0 Å². The Labute approximate surface area is 73.9 Å². The van der Waals surface area contributed by atoms with Gasteiger partial charge in [-0.05, 0) is 19.1 Å². The average molecular weight is 193 g/mol. The standard InChI is InChI=1S/C8H7ClF2O/c1-5(9)12-6-2-3-7(10)8(11)4-6/h2-5H,1H3. The van der Waals surface area contributed by atoms with Crippen molar-refractivity contribution in [2.45, 2.75) is 12.5 Å². The van der Waals surface area contributed by atoms with E-state index in [9.17, 15) is 8.78 Å². The van der Waals surface area contributed by atoms with E-state index in [-0.39, 0.29) is 5.75 Å². The molecular formula is C8H7ClF2O. The molecule has 1 nitrogen and oxygen atoms in total. The first kappa shape index (κ1) is 9.26. The van der Waals surface area contributed by atoms with Gasteiger partial charge in [0.1, 0.15) is 5.75 Å². The highest BCUT2D eigenvalue weighted by Crippen LogP contribution is 2.17. The van der Waals surface area contributed by atoms with Crippen molar-refractivity contribution in [3.05, 3.63) is 29.8 Å². The topological polar surface area (TPSA) is 9.23 Å². The largest absolute Gasteiger partial charge is 0.475 e. The molecule has 1 unspecified atom stereocenters. The number of hydrogen-bond donors (Lipinski definition) is 0. The third-order valence-electron chi connectivity index (χ3n) is 1.19.